The van der Waals surface area contributed by atoms with Crippen LogP contribution in [0.4, 0.5) is 0 Å². The molecule has 0 amide bonds. The van der Waals surface area contributed by atoms with Crippen molar-refractivity contribution in [3.8, 4) is 0 Å². The van der Waals surface area contributed by atoms with Crippen LogP contribution < -0.4 is 0 Å². The zero-order valence-corrected chi connectivity index (χ0v) is 11.4. The van der Waals surface area contributed by atoms with Crippen molar-refractivity contribution in [1.82, 2.24) is 0 Å². The van der Waals surface area contributed by atoms with Crippen molar-refractivity contribution >= 4 is 17.5 Å². The second kappa shape index (κ2) is 6.21. The number of aliphatic carboxylic acids is 2. The van der Waals surface area contributed by atoms with E-state index in [1.54, 1.807) is 39.0 Å². The number of carbonyl (C=O) groups is 2. The van der Waals surface area contributed by atoms with Gasteiger partial charge < -0.3 is 15.1 Å². The number of hydrogen-bond acceptors (Lipinski definition) is 4. The number of carboxylic acid groups (broad SMARTS) is 2. The van der Waals surface area contributed by atoms with E-state index in [1.807, 2.05) is 0 Å². The Morgan fingerprint density at radius 2 is 1.55 bits per heavy atom. The van der Waals surface area contributed by atoms with Gasteiger partial charge in [0.05, 0.1) is 0 Å². The minimum atomic E-state index is -1.52. The molecule has 0 aliphatic carbocycles. The lowest BCUT2D eigenvalue weighted by Gasteiger charge is -2.18. The summed E-state index contributed by atoms with van der Waals surface area (Å²) in [6, 6.07) is 7.85. The van der Waals surface area contributed by atoms with Crippen molar-refractivity contribution in [3.63, 3.8) is 0 Å². The summed E-state index contributed by atoms with van der Waals surface area (Å²) in [4.78, 5) is 32.2. The average molecular weight is 280 g/mol. The maximum atomic E-state index is 11.3. The fourth-order valence-electron chi connectivity index (χ4n) is 1.31. The SMILES string of the molecule is CC(C)(C)OO/C(C(=O)O)=C(\C(=O)O)c1ccccc1. The molecule has 2 N–H and O–H groups in total. The molecular weight excluding hydrogens is 264 g/mol. The van der Waals surface area contributed by atoms with Crippen molar-refractivity contribution in [3.05, 3.63) is 41.7 Å². The highest BCUT2D eigenvalue weighted by molar-refractivity contribution is 6.20. The van der Waals surface area contributed by atoms with E-state index >= 15 is 0 Å². The second-order valence-electron chi connectivity index (χ2n) is 4.96. The zero-order valence-electron chi connectivity index (χ0n) is 11.4. The molecule has 0 unspecified atom stereocenters. The van der Waals surface area contributed by atoms with Crippen molar-refractivity contribution in [1.29, 1.82) is 0 Å². The third-order valence-corrected chi connectivity index (χ3v) is 2.07. The van der Waals surface area contributed by atoms with Crippen LogP contribution in [0.5, 0.6) is 0 Å². The highest BCUT2D eigenvalue weighted by atomic mass is 17.2. The Kier molecular flexibility index (Phi) is 4.88. The molecule has 0 fully saturated rings. The second-order valence-corrected chi connectivity index (χ2v) is 4.96. The van der Waals surface area contributed by atoms with Crippen molar-refractivity contribution in [2.45, 2.75) is 26.4 Å². The van der Waals surface area contributed by atoms with E-state index in [9.17, 15) is 14.7 Å². The molecule has 1 rings (SSSR count). The van der Waals surface area contributed by atoms with Crippen LogP contribution >= 0.6 is 0 Å². The summed E-state index contributed by atoms with van der Waals surface area (Å²) in [7, 11) is 0. The maximum absolute atomic E-state index is 11.3. The molecular formula is C14H16O6. The van der Waals surface area contributed by atoms with Crippen LogP contribution in [0.3, 0.4) is 0 Å². The molecule has 0 aliphatic rings. The lowest BCUT2D eigenvalue weighted by Crippen LogP contribution is -2.22. The van der Waals surface area contributed by atoms with Gasteiger partial charge in [0.25, 0.3) is 5.76 Å². The van der Waals surface area contributed by atoms with Gasteiger partial charge >= 0.3 is 11.9 Å². The fraction of sp³-hybridized carbons (Fsp3) is 0.286. The van der Waals surface area contributed by atoms with E-state index in [0.717, 1.165) is 0 Å². The predicted octanol–water partition coefficient (Wildman–Crippen LogP) is 2.31. The molecule has 0 radical (unpaired) electrons. The zero-order chi connectivity index (χ0) is 15.3. The molecule has 1 aromatic rings. The van der Waals surface area contributed by atoms with E-state index in [0.29, 0.717) is 0 Å². The third-order valence-electron chi connectivity index (χ3n) is 2.07. The molecule has 0 spiro atoms. The lowest BCUT2D eigenvalue weighted by atomic mass is 10.0. The molecule has 0 saturated carbocycles. The van der Waals surface area contributed by atoms with Gasteiger partial charge in [-0.2, -0.15) is 4.89 Å². The van der Waals surface area contributed by atoms with Gasteiger partial charge in [0.2, 0.25) is 0 Å². The van der Waals surface area contributed by atoms with E-state index in [4.69, 9.17) is 14.9 Å². The molecule has 0 heterocycles. The minimum absolute atomic E-state index is 0.218. The fourth-order valence-corrected chi connectivity index (χ4v) is 1.31. The summed E-state index contributed by atoms with van der Waals surface area (Å²) in [5, 5.41) is 18.3. The Hall–Kier alpha value is -2.34. The van der Waals surface area contributed by atoms with Gasteiger partial charge in [-0.25, -0.2) is 9.59 Å². The average Bonchev–Trinajstić information content (AvgIpc) is 2.33. The quantitative estimate of drug-likeness (QED) is 0.372. The van der Waals surface area contributed by atoms with Crippen molar-refractivity contribution < 1.29 is 29.6 Å². The highest BCUT2D eigenvalue weighted by Crippen LogP contribution is 2.22. The lowest BCUT2D eigenvalue weighted by molar-refractivity contribution is -0.320. The first kappa shape index (κ1) is 15.7. The Bertz CT molecular complexity index is 524. The van der Waals surface area contributed by atoms with Crippen LogP contribution in [0.1, 0.15) is 26.3 Å². The van der Waals surface area contributed by atoms with Gasteiger partial charge in [0.1, 0.15) is 11.2 Å². The Labute approximate surface area is 116 Å². The van der Waals surface area contributed by atoms with Gasteiger partial charge in [-0.1, -0.05) is 30.3 Å². The summed E-state index contributed by atoms with van der Waals surface area (Å²) < 4.78 is 0. The number of carboxylic acids is 2. The molecule has 0 bridgehead atoms. The van der Waals surface area contributed by atoms with Crippen LogP contribution in [0, 0.1) is 0 Å². The standard InChI is InChI=1S/C14H16O6/c1-14(2,3)20-19-11(13(17)18)10(12(15)16)9-7-5-4-6-8-9/h4-8H,1-3H3,(H,15,16)(H,17,18)/b11-10-. The van der Waals surface area contributed by atoms with Gasteiger partial charge in [0.15, 0.2) is 0 Å². The van der Waals surface area contributed by atoms with Crippen molar-refractivity contribution in [2.75, 3.05) is 0 Å². The molecule has 0 aliphatic heterocycles. The van der Waals surface area contributed by atoms with Gasteiger partial charge in [-0.05, 0) is 26.3 Å². The molecule has 0 atom stereocenters. The first-order valence-corrected chi connectivity index (χ1v) is 5.84. The first-order chi connectivity index (χ1) is 9.22. The Balaban J connectivity index is 3.27. The largest absolute Gasteiger partial charge is 0.478 e. The normalized spacial score (nSPS) is 12.6. The van der Waals surface area contributed by atoms with Gasteiger partial charge in [-0.15, -0.1) is 0 Å². The highest BCUT2D eigenvalue weighted by Gasteiger charge is 2.26. The van der Waals surface area contributed by atoms with Gasteiger partial charge in [0, 0.05) is 0 Å². The number of benzene rings is 1. The summed E-state index contributed by atoms with van der Waals surface area (Å²) in [5.74, 6) is -3.69. The van der Waals surface area contributed by atoms with Crippen LogP contribution in [-0.4, -0.2) is 27.8 Å². The monoisotopic (exact) mass is 280 g/mol. The Morgan fingerprint density at radius 3 is 1.95 bits per heavy atom. The number of rotatable bonds is 5. The molecule has 0 aromatic heterocycles. The summed E-state index contributed by atoms with van der Waals surface area (Å²) >= 11 is 0. The minimum Gasteiger partial charge on any atom is -0.478 e. The molecule has 108 valence electrons. The predicted molar refractivity (Wildman–Crippen MR) is 70.6 cm³/mol. The molecule has 1 aromatic carbocycles. The smallest absolute Gasteiger partial charge is 0.376 e. The van der Waals surface area contributed by atoms with Crippen LogP contribution in [0.25, 0.3) is 5.57 Å². The van der Waals surface area contributed by atoms with E-state index in [1.165, 1.54) is 12.1 Å². The summed E-state index contributed by atoms with van der Waals surface area (Å²) in [6.07, 6.45) is 0. The Morgan fingerprint density at radius 1 is 1.00 bits per heavy atom. The van der Waals surface area contributed by atoms with E-state index < -0.39 is 28.9 Å². The summed E-state index contributed by atoms with van der Waals surface area (Å²) in [5.41, 5.74) is -1.03. The molecule has 6 nitrogen and oxygen atoms in total. The number of hydrogen-bond donors (Lipinski definition) is 2. The van der Waals surface area contributed by atoms with Crippen LogP contribution in [0.15, 0.2) is 36.1 Å². The van der Waals surface area contributed by atoms with Gasteiger partial charge in [-0.3, -0.25) is 0 Å². The molecule has 20 heavy (non-hydrogen) atoms. The van der Waals surface area contributed by atoms with E-state index in [2.05, 4.69) is 0 Å². The summed E-state index contributed by atoms with van der Waals surface area (Å²) in [6.45, 7) is 4.94. The van der Waals surface area contributed by atoms with Crippen molar-refractivity contribution in [2.24, 2.45) is 0 Å². The van der Waals surface area contributed by atoms with E-state index in [-0.39, 0.29) is 5.56 Å². The molecule has 0 saturated heterocycles. The van der Waals surface area contributed by atoms with Crippen LogP contribution in [0.2, 0.25) is 0 Å². The molecule has 6 heteroatoms. The first-order valence-electron chi connectivity index (χ1n) is 5.84. The maximum Gasteiger partial charge on any atom is 0.376 e. The topological polar surface area (TPSA) is 93.1 Å². The third kappa shape index (κ3) is 4.40. The van der Waals surface area contributed by atoms with Crippen LogP contribution in [-0.2, 0) is 19.4 Å².